The van der Waals surface area contributed by atoms with Crippen molar-refractivity contribution < 1.29 is 23.1 Å². The van der Waals surface area contributed by atoms with Crippen LogP contribution in [0.4, 0.5) is 10.1 Å². The van der Waals surface area contributed by atoms with E-state index in [4.69, 9.17) is 13.9 Å². The Hall–Kier alpha value is -2.34. The summed E-state index contributed by atoms with van der Waals surface area (Å²) in [6.45, 7) is 1.11. The first-order chi connectivity index (χ1) is 10.7. The van der Waals surface area contributed by atoms with Gasteiger partial charge >= 0.3 is 0 Å². The predicted molar refractivity (Wildman–Crippen MR) is 77.5 cm³/mol. The Bertz CT molecular complexity index is 636. The Morgan fingerprint density at radius 2 is 2.32 bits per heavy atom. The van der Waals surface area contributed by atoms with Crippen molar-refractivity contribution in [3.8, 4) is 5.75 Å². The Morgan fingerprint density at radius 1 is 1.41 bits per heavy atom. The predicted octanol–water partition coefficient (Wildman–Crippen LogP) is 3.23. The van der Waals surface area contributed by atoms with E-state index in [0.29, 0.717) is 12.4 Å². The topological polar surface area (TPSA) is 60.7 Å². The zero-order chi connectivity index (χ0) is 15.4. The van der Waals surface area contributed by atoms with Crippen LogP contribution in [0.3, 0.4) is 0 Å². The van der Waals surface area contributed by atoms with E-state index >= 15 is 0 Å². The van der Waals surface area contributed by atoms with E-state index in [1.165, 1.54) is 30.5 Å². The van der Waals surface area contributed by atoms with E-state index in [2.05, 4.69) is 5.32 Å². The molecule has 1 aliphatic rings. The highest BCUT2D eigenvalue weighted by molar-refractivity contribution is 6.03. The molecule has 1 N–H and O–H groups in total. The second-order valence-electron chi connectivity index (χ2n) is 5.02. The Kier molecular flexibility index (Phi) is 4.39. The molecule has 116 valence electrons. The van der Waals surface area contributed by atoms with Crippen molar-refractivity contribution in [3.63, 3.8) is 0 Å². The molecule has 1 aromatic carbocycles. The zero-order valence-electron chi connectivity index (χ0n) is 11.9. The molecule has 1 saturated heterocycles. The van der Waals surface area contributed by atoms with Gasteiger partial charge in [0.05, 0.1) is 18.1 Å². The van der Waals surface area contributed by atoms with Crippen LogP contribution in [0.1, 0.15) is 23.4 Å². The van der Waals surface area contributed by atoms with Crippen LogP contribution in [0.5, 0.6) is 5.75 Å². The molecular formula is C16H16FNO4. The van der Waals surface area contributed by atoms with Crippen LogP contribution in [0.15, 0.2) is 41.0 Å². The monoisotopic (exact) mass is 305 g/mol. The van der Waals surface area contributed by atoms with Gasteiger partial charge < -0.3 is 19.2 Å². The van der Waals surface area contributed by atoms with Gasteiger partial charge in [0.2, 0.25) is 0 Å². The maximum atomic E-state index is 13.4. The fraction of sp³-hybridized carbons (Fsp3) is 0.312. The third-order valence-corrected chi connectivity index (χ3v) is 3.38. The van der Waals surface area contributed by atoms with Crippen LogP contribution in [-0.2, 0) is 4.74 Å². The summed E-state index contributed by atoms with van der Waals surface area (Å²) in [6, 6.07) is 7.12. The number of rotatable bonds is 5. The fourth-order valence-corrected chi connectivity index (χ4v) is 2.28. The molecule has 22 heavy (non-hydrogen) atoms. The van der Waals surface area contributed by atoms with Gasteiger partial charge in [0.1, 0.15) is 18.2 Å². The van der Waals surface area contributed by atoms with Gasteiger partial charge in [-0.25, -0.2) is 4.39 Å². The Labute approximate surface area is 127 Å². The molecule has 5 nitrogen and oxygen atoms in total. The molecule has 0 aliphatic carbocycles. The van der Waals surface area contributed by atoms with Crippen molar-refractivity contribution in [1.82, 2.24) is 0 Å². The van der Waals surface area contributed by atoms with E-state index in [9.17, 15) is 9.18 Å². The number of benzene rings is 1. The number of ether oxygens (including phenoxy) is 2. The third-order valence-electron chi connectivity index (χ3n) is 3.38. The molecule has 1 amide bonds. The van der Waals surface area contributed by atoms with E-state index in [-0.39, 0.29) is 17.6 Å². The molecule has 0 spiro atoms. The summed E-state index contributed by atoms with van der Waals surface area (Å²) in [4.78, 5) is 12.0. The lowest BCUT2D eigenvalue weighted by Gasteiger charge is -2.15. The minimum Gasteiger partial charge on any atom is -0.489 e. The zero-order valence-corrected chi connectivity index (χ0v) is 11.9. The van der Waals surface area contributed by atoms with Crippen molar-refractivity contribution in [1.29, 1.82) is 0 Å². The normalized spacial score (nSPS) is 17.4. The number of carbonyl (C=O) groups is 1. The van der Waals surface area contributed by atoms with Crippen LogP contribution < -0.4 is 10.1 Å². The van der Waals surface area contributed by atoms with E-state index < -0.39 is 11.7 Å². The lowest BCUT2D eigenvalue weighted by molar-refractivity contribution is 0.0681. The molecule has 2 heterocycles. The molecular weight excluding hydrogens is 289 g/mol. The number of carbonyl (C=O) groups excluding carboxylic acids is 1. The van der Waals surface area contributed by atoms with Gasteiger partial charge in [0, 0.05) is 12.7 Å². The standard InChI is InChI=1S/C16H16FNO4/c17-11-5-6-14(22-10-12-3-1-7-20-12)13(9-11)18-16(19)15-4-2-8-21-15/h2,4-6,8-9,12H,1,3,7,10H2,(H,18,19). The summed E-state index contributed by atoms with van der Waals surface area (Å²) in [5.74, 6) is -0.372. The molecule has 1 unspecified atom stereocenters. The first-order valence-electron chi connectivity index (χ1n) is 7.11. The fourth-order valence-electron chi connectivity index (χ4n) is 2.28. The smallest absolute Gasteiger partial charge is 0.291 e. The van der Waals surface area contributed by atoms with Crippen molar-refractivity contribution >= 4 is 11.6 Å². The summed E-state index contributed by atoms with van der Waals surface area (Å²) in [5, 5.41) is 2.59. The average Bonchev–Trinajstić information content (AvgIpc) is 3.20. The summed E-state index contributed by atoms with van der Waals surface area (Å²) in [7, 11) is 0. The van der Waals surface area contributed by atoms with Crippen molar-refractivity contribution in [2.75, 3.05) is 18.5 Å². The number of halogens is 1. The minimum atomic E-state index is -0.461. The second-order valence-corrected chi connectivity index (χ2v) is 5.02. The molecule has 0 saturated carbocycles. The summed E-state index contributed by atoms with van der Waals surface area (Å²) in [6.07, 6.45) is 3.39. The van der Waals surface area contributed by atoms with E-state index in [1.54, 1.807) is 6.07 Å². The summed E-state index contributed by atoms with van der Waals surface area (Å²) < 4.78 is 29.6. The van der Waals surface area contributed by atoms with Crippen molar-refractivity contribution in [3.05, 3.63) is 48.2 Å². The second kappa shape index (κ2) is 6.62. The van der Waals surface area contributed by atoms with Crippen LogP contribution in [-0.4, -0.2) is 25.2 Å². The van der Waals surface area contributed by atoms with Gasteiger partial charge in [-0.15, -0.1) is 0 Å². The summed E-state index contributed by atoms with van der Waals surface area (Å²) in [5.41, 5.74) is 0.263. The quantitative estimate of drug-likeness (QED) is 0.921. The molecule has 0 bridgehead atoms. The van der Waals surface area contributed by atoms with Crippen molar-refractivity contribution in [2.24, 2.45) is 0 Å². The van der Waals surface area contributed by atoms with Gasteiger partial charge in [-0.05, 0) is 37.1 Å². The summed E-state index contributed by atoms with van der Waals surface area (Å²) >= 11 is 0. The third kappa shape index (κ3) is 3.46. The van der Waals surface area contributed by atoms with E-state index in [0.717, 1.165) is 19.4 Å². The Morgan fingerprint density at radius 3 is 3.05 bits per heavy atom. The minimum absolute atomic E-state index is 0.0404. The SMILES string of the molecule is O=C(Nc1cc(F)ccc1OCC1CCCO1)c1ccco1. The highest BCUT2D eigenvalue weighted by Crippen LogP contribution is 2.27. The highest BCUT2D eigenvalue weighted by Gasteiger charge is 2.18. The number of nitrogens with one attached hydrogen (secondary N) is 1. The van der Waals surface area contributed by atoms with Crippen LogP contribution in [0.2, 0.25) is 0 Å². The molecule has 2 aromatic rings. The van der Waals surface area contributed by atoms with Gasteiger partial charge in [0.25, 0.3) is 5.91 Å². The van der Waals surface area contributed by atoms with E-state index in [1.807, 2.05) is 0 Å². The number of hydrogen-bond donors (Lipinski definition) is 1. The van der Waals surface area contributed by atoms with Gasteiger partial charge in [-0.2, -0.15) is 0 Å². The molecule has 0 radical (unpaired) electrons. The van der Waals surface area contributed by atoms with Crippen LogP contribution >= 0.6 is 0 Å². The van der Waals surface area contributed by atoms with Crippen LogP contribution in [0.25, 0.3) is 0 Å². The highest BCUT2D eigenvalue weighted by atomic mass is 19.1. The van der Waals surface area contributed by atoms with Crippen LogP contribution in [0, 0.1) is 5.82 Å². The first-order valence-corrected chi connectivity index (χ1v) is 7.11. The number of anilines is 1. The molecule has 1 fully saturated rings. The lowest BCUT2D eigenvalue weighted by Crippen LogP contribution is -2.18. The maximum absolute atomic E-state index is 13.4. The molecule has 1 atom stereocenters. The number of amides is 1. The first kappa shape index (κ1) is 14.6. The maximum Gasteiger partial charge on any atom is 0.291 e. The Balaban J connectivity index is 1.71. The van der Waals surface area contributed by atoms with Gasteiger partial charge in [-0.3, -0.25) is 4.79 Å². The number of furan rings is 1. The average molecular weight is 305 g/mol. The van der Waals surface area contributed by atoms with Gasteiger partial charge in [-0.1, -0.05) is 0 Å². The lowest BCUT2D eigenvalue weighted by atomic mass is 10.2. The molecule has 1 aromatic heterocycles. The van der Waals surface area contributed by atoms with Crippen molar-refractivity contribution in [2.45, 2.75) is 18.9 Å². The van der Waals surface area contributed by atoms with Gasteiger partial charge in [0.15, 0.2) is 5.76 Å². The number of hydrogen-bond acceptors (Lipinski definition) is 4. The molecule has 6 heteroatoms. The molecule has 3 rings (SSSR count). The largest absolute Gasteiger partial charge is 0.489 e. The molecule has 1 aliphatic heterocycles.